The fourth-order valence-corrected chi connectivity index (χ4v) is 1.25. The Morgan fingerprint density at radius 2 is 1.95 bits per heavy atom. The highest BCUT2D eigenvalue weighted by Gasteiger charge is 2.05. The number of carbonyl (C=O) groups is 2. The molecule has 0 atom stereocenters. The largest absolute Gasteiger partial charge is 0.468 e. The minimum atomic E-state index is -0.528. The molecule has 0 saturated carbocycles. The lowest BCUT2D eigenvalue weighted by Gasteiger charge is -2.07. The second-order valence-electron chi connectivity index (χ2n) is 3.65. The topological polar surface area (TPSA) is 100 Å². The Morgan fingerprint density at radius 3 is 2.47 bits per heavy atom. The van der Waals surface area contributed by atoms with Crippen LogP contribution < -0.4 is 10.6 Å². The predicted octanol–water partition coefficient (Wildman–Crippen LogP) is 1.18. The minimum Gasteiger partial charge on any atom is -0.468 e. The molecule has 3 N–H and O–H groups in total. The fourth-order valence-electron chi connectivity index (χ4n) is 1.25. The zero-order chi connectivity index (χ0) is 14.3. The third kappa shape index (κ3) is 4.66. The lowest BCUT2D eigenvalue weighted by atomic mass is 10.1. The molecule has 7 nitrogen and oxygen atoms in total. The van der Waals surface area contributed by atoms with Crippen LogP contribution >= 0.6 is 0 Å². The summed E-state index contributed by atoms with van der Waals surface area (Å²) in [5.41, 5.74) is 1.77. The maximum absolute atomic E-state index is 11.4. The van der Waals surface area contributed by atoms with Crippen LogP contribution in [0.15, 0.2) is 29.4 Å². The van der Waals surface area contributed by atoms with Crippen molar-refractivity contribution in [1.29, 1.82) is 0 Å². The van der Waals surface area contributed by atoms with Crippen molar-refractivity contribution in [3.63, 3.8) is 0 Å². The smallest absolute Gasteiger partial charge is 0.325 e. The van der Waals surface area contributed by atoms with Gasteiger partial charge in [-0.25, -0.2) is 4.79 Å². The molecule has 0 fully saturated rings. The number of methoxy groups -OCH3 is 1. The molecule has 0 heterocycles. The van der Waals surface area contributed by atoms with E-state index in [0.29, 0.717) is 11.4 Å². The van der Waals surface area contributed by atoms with E-state index in [4.69, 9.17) is 5.21 Å². The molecule has 102 valence electrons. The average molecular weight is 265 g/mol. The van der Waals surface area contributed by atoms with Crippen molar-refractivity contribution < 1.29 is 19.5 Å². The Labute approximate surface area is 110 Å². The van der Waals surface area contributed by atoms with Gasteiger partial charge < -0.3 is 20.6 Å². The zero-order valence-electron chi connectivity index (χ0n) is 10.6. The monoisotopic (exact) mass is 265 g/mol. The molecule has 7 heteroatoms. The number of ether oxygens (including phenoxy) is 1. The maximum Gasteiger partial charge on any atom is 0.325 e. The Kier molecular flexibility index (Phi) is 5.34. The molecule has 0 unspecified atom stereocenters. The molecule has 0 aromatic heterocycles. The number of hydrogen-bond donors (Lipinski definition) is 3. The Balaban J connectivity index is 2.53. The lowest BCUT2D eigenvalue weighted by Crippen LogP contribution is -2.33. The number of nitrogens with zero attached hydrogens (tertiary/aromatic N) is 1. The maximum atomic E-state index is 11.4. The standard InChI is InChI=1S/C12H15N3O4/c1-8(15-18)9-3-5-10(6-4-9)14-12(17)13-7-11(16)19-2/h3-6,18H,7H2,1-2H3,(H2,13,14,17)/b15-8+. The second kappa shape index (κ2) is 7.00. The van der Waals surface area contributed by atoms with E-state index in [2.05, 4.69) is 20.5 Å². The molecule has 1 aromatic carbocycles. The van der Waals surface area contributed by atoms with E-state index < -0.39 is 12.0 Å². The number of oxime groups is 1. The number of rotatable bonds is 4. The molecule has 0 aliphatic heterocycles. The number of nitrogens with one attached hydrogen (secondary N) is 2. The van der Waals surface area contributed by atoms with Gasteiger partial charge in [0.15, 0.2) is 0 Å². The van der Waals surface area contributed by atoms with E-state index in [-0.39, 0.29) is 6.54 Å². The van der Waals surface area contributed by atoms with E-state index in [0.717, 1.165) is 5.56 Å². The molecule has 2 amide bonds. The third-order valence-corrected chi connectivity index (χ3v) is 2.33. The summed E-state index contributed by atoms with van der Waals surface area (Å²) in [5, 5.41) is 16.6. The van der Waals surface area contributed by atoms with Crippen LogP contribution in [0, 0.1) is 0 Å². The van der Waals surface area contributed by atoms with Gasteiger partial charge >= 0.3 is 12.0 Å². The van der Waals surface area contributed by atoms with Crippen LogP contribution in [0.2, 0.25) is 0 Å². The zero-order valence-corrected chi connectivity index (χ0v) is 10.6. The van der Waals surface area contributed by atoms with Crippen molar-refractivity contribution in [2.24, 2.45) is 5.16 Å². The second-order valence-corrected chi connectivity index (χ2v) is 3.65. The van der Waals surface area contributed by atoms with Crippen molar-refractivity contribution in [3.05, 3.63) is 29.8 Å². The van der Waals surface area contributed by atoms with E-state index in [9.17, 15) is 9.59 Å². The first kappa shape index (κ1) is 14.5. The summed E-state index contributed by atoms with van der Waals surface area (Å²) in [7, 11) is 1.24. The molecule has 1 aromatic rings. The Morgan fingerprint density at radius 1 is 1.32 bits per heavy atom. The first-order valence-electron chi connectivity index (χ1n) is 5.47. The minimum absolute atomic E-state index is 0.198. The van der Waals surface area contributed by atoms with Crippen LogP contribution in [0.25, 0.3) is 0 Å². The van der Waals surface area contributed by atoms with E-state index in [1.807, 2.05) is 0 Å². The number of amides is 2. The molecule has 0 aliphatic rings. The highest BCUT2D eigenvalue weighted by Crippen LogP contribution is 2.10. The molecular formula is C12H15N3O4. The van der Waals surface area contributed by atoms with Crippen LogP contribution in [-0.4, -0.2) is 36.6 Å². The predicted molar refractivity (Wildman–Crippen MR) is 69.5 cm³/mol. The van der Waals surface area contributed by atoms with Crippen molar-refractivity contribution in [2.75, 3.05) is 19.0 Å². The molecule has 0 spiro atoms. The molecular weight excluding hydrogens is 250 g/mol. The summed E-state index contributed by atoms with van der Waals surface area (Å²) in [6, 6.07) is 6.20. The number of urea groups is 1. The van der Waals surface area contributed by atoms with Crippen LogP contribution in [0.5, 0.6) is 0 Å². The van der Waals surface area contributed by atoms with Gasteiger partial charge in [-0.1, -0.05) is 17.3 Å². The number of anilines is 1. The molecule has 0 bridgehead atoms. The highest BCUT2D eigenvalue weighted by atomic mass is 16.5. The van der Waals surface area contributed by atoms with Gasteiger partial charge in [-0.3, -0.25) is 4.79 Å². The molecule has 0 radical (unpaired) electrons. The van der Waals surface area contributed by atoms with Crippen molar-refractivity contribution >= 4 is 23.4 Å². The number of hydrogen-bond acceptors (Lipinski definition) is 5. The van der Waals surface area contributed by atoms with Gasteiger partial charge in [-0.2, -0.15) is 0 Å². The van der Waals surface area contributed by atoms with Crippen LogP contribution in [0.1, 0.15) is 12.5 Å². The number of benzene rings is 1. The van der Waals surface area contributed by atoms with Crippen LogP contribution in [-0.2, 0) is 9.53 Å². The number of carbonyl (C=O) groups excluding carboxylic acids is 2. The van der Waals surface area contributed by atoms with Gasteiger partial charge in [0.1, 0.15) is 6.54 Å². The van der Waals surface area contributed by atoms with Crippen molar-refractivity contribution in [3.8, 4) is 0 Å². The van der Waals surface area contributed by atoms with Crippen molar-refractivity contribution in [2.45, 2.75) is 6.92 Å². The summed E-state index contributed by atoms with van der Waals surface area (Å²) >= 11 is 0. The first-order valence-corrected chi connectivity index (χ1v) is 5.47. The highest BCUT2D eigenvalue weighted by molar-refractivity contribution is 5.99. The molecule has 19 heavy (non-hydrogen) atoms. The SMILES string of the molecule is COC(=O)CNC(=O)Nc1ccc(/C(C)=N/O)cc1. The quantitative estimate of drug-likeness (QED) is 0.329. The van der Waals surface area contributed by atoms with Crippen LogP contribution in [0.3, 0.4) is 0 Å². The van der Waals surface area contributed by atoms with Crippen molar-refractivity contribution in [1.82, 2.24) is 5.32 Å². The van der Waals surface area contributed by atoms with Crippen LogP contribution in [0.4, 0.5) is 10.5 Å². The molecule has 0 aliphatic carbocycles. The lowest BCUT2D eigenvalue weighted by molar-refractivity contribution is -0.139. The van der Waals surface area contributed by atoms with Gasteiger partial charge in [-0.15, -0.1) is 0 Å². The summed E-state index contributed by atoms with van der Waals surface area (Å²) < 4.78 is 4.39. The Hall–Kier alpha value is -2.57. The first-order chi connectivity index (χ1) is 9.06. The van der Waals surface area contributed by atoms with Gasteiger partial charge in [0, 0.05) is 5.69 Å². The summed E-state index contributed by atoms with van der Waals surface area (Å²) in [6.45, 7) is 1.46. The van der Waals surface area contributed by atoms with Gasteiger partial charge in [0.2, 0.25) is 0 Å². The third-order valence-electron chi connectivity index (χ3n) is 2.33. The number of esters is 1. The van der Waals surface area contributed by atoms with Gasteiger partial charge in [0.05, 0.1) is 12.8 Å². The van der Waals surface area contributed by atoms with E-state index >= 15 is 0 Å². The average Bonchev–Trinajstić information content (AvgIpc) is 2.44. The molecule has 0 saturated heterocycles. The Bertz CT molecular complexity index is 482. The van der Waals surface area contributed by atoms with E-state index in [1.54, 1.807) is 31.2 Å². The van der Waals surface area contributed by atoms with E-state index in [1.165, 1.54) is 7.11 Å². The summed E-state index contributed by atoms with van der Waals surface area (Å²) in [4.78, 5) is 22.2. The van der Waals surface area contributed by atoms with Gasteiger partial charge in [0.25, 0.3) is 0 Å². The summed E-state index contributed by atoms with van der Waals surface area (Å²) in [6.07, 6.45) is 0. The molecule has 1 rings (SSSR count). The van der Waals surface area contributed by atoms with Gasteiger partial charge in [-0.05, 0) is 24.6 Å². The normalized spacial score (nSPS) is 10.7. The fraction of sp³-hybridized carbons (Fsp3) is 0.250. The summed E-state index contributed by atoms with van der Waals surface area (Å²) in [5.74, 6) is -0.528.